The van der Waals surface area contributed by atoms with Crippen LogP contribution in [0.3, 0.4) is 0 Å². The Morgan fingerprint density at radius 1 is 1.50 bits per heavy atom. The molecule has 0 saturated carbocycles. The first kappa shape index (κ1) is 13.5. The van der Waals surface area contributed by atoms with Gasteiger partial charge in [0.25, 0.3) is 0 Å². The molecule has 0 bridgehead atoms. The van der Waals surface area contributed by atoms with Gasteiger partial charge in [-0.3, -0.25) is 9.69 Å². The molecule has 1 fully saturated rings. The van der Waals surface area contributed by atoms with E-state index in [0.717, 1.165) is 25.9 Å². The van der Waals surface area contributed by atoms with Gasteiger partial charge in [0.05, 0.1) is 6.54 Å². The summed E-state index contributed by atoms with van der Waals surface area (Å²) in [4.78, 5) is 15.2. The van der Waals surface area contributed by atoms with Crippen LogP contribution >= 0.6 is 0 Å². The Morgan fingerprint density at radius 2 is 2.19 bits per heavy atom. The molecule has 0 spiro atoms. The molecule has 0 aromatic carbocycles. The van der Waals surface area contributed by atoms with Gasteiger partial charge in [-0.1, -0.05) is 6.42 Å². The molecule has 1 atom stereocenters. The monoisotopic (exact) mass is 228 g/mol. The molecule has 0 aromatic rings. The van der Waals surface area contributed by atoms with Crippen LogP contribution in [0.4, 0.5) is 0 Å². The van der Waals surface area contributed by atoms with Crippen molar-refractivity contribution in [3.63, 3.8) is 0 Å². The van der Waals surface area contributed by atoms with Gasteiger partial charge < -0.3 is 10.0 Å². The topological polar surface area (TPSA) is 43.8 Å². The van der Waals surface area contributed by atoms with Crippen LogP contribution in [0, 0.1) is 0 Å². The van der Waals surface area contributed by atoms with Crippen molar-refractivity contribution >= 4 is 5.97 Å². The molecule has 94 valence electrons. The number of aliphatic carboxylic acids is 1. The number of likely N-dealkylation sites (tertiary alicyclic amines) is 1. The van der Waals surface area contributed by atoms with Crippen molar-refractivity contribution < 1.29 is 9.90 Å². The van der Waals surface area contributed by atoms with E-state index < -0.39 is 5.97 Å². The molecule has 1 heterocycles. The molecule has 1 saturated heterocycles. The molecule has 1 aliphatic rings. The Kier molecular flexibility index (Phi) is 5.22. The number of hydrogen-bond donors (Lipinski definition) is 1. The predicted octanol–water partition coefficient (Wildman–Crippen LogP) is 1.27. The lowest BCUT2D eigenvalue weighted by Gasteiger charge is -2.37. The number of carboxylic acids is 1. The molecule has 0 aromatic heterocycles. The number of carbonyl (C=O) groups is 1. The average molecular weight is 228 g/mol. The van der Waals surface area contributed by atoms with Crippen molar-refractivity contribution in [3.05, 3.63) is 0 Å². The van der Waals surface area contributed by atoms with Crippen LogP contribution in [0.25, 0.3) is 0 Å². The summed E-state index contributed by atoms with van der Waals surface area (Å²) >= 11 is 0. The smallest absolute Gasteiger partial charge is 0.317 e. The minimum absolute atomic E-state index is 0.191. The Hall–Kier alpha value is -0.610. The van der Waals surface area contributed by atoms with Crippen LogP contribution in [-0.4, -0.2) is 59.6 Å². The molecule has 0 amide bonds. The average Bonchev–Trinajstić information content (AvgIpc) is 2.20. The first-order valence-corrected chi connectivity index (χ1v) is 6.16. The van der Waals surface area contributed by atoms with Crippen molar-refractivity contribution in [3.8, 4) is 0 Å². The Bertz CT molecular complexity index is 231. The van der Waals surface area contributed by atoms with Gasteiger partial charge in [-0.05, 0) is 40.3 Å². The molecule has 0 aliphatic carbocycles. The summed E-state index contributed by atoms with van der Waals surface area (Å²) in [5, 5.41) is 8.87. The third kappa shape index (κ3) is 4.10. The molecule has 16 heavy (non-hydrogen) atoms. The largest absolute Gasteiger partial charge is 0.480 e. The number of piperidine rings is 1. The van der Waals surface area contributed by atoms with Crippen LogP contribution in [0.15, 0.2) is 0 Å². The maximum Gasteiger partial charge on any atom is 0.317 e. The molecule has 1 rings (SSSR count). The highest BCUT2D eigenvalue weighted by Crippen LogP contribution is 2.17. The number of rotatable bonds is 5. The summed E-state index contributed by atoms with van der Waals surface area (Å²) in [5.41, 5.74) is 0. The van der Waals surface area contributed by atoms with Gasteiger partial charge in [-0.25, -0.2) is 0 Å². The van der Waals surface area contributed by atoms with Gasteiger partial charge in [-0.15, -0.1) is 0 Å². The fourth-order valence-corrected chi connectivity index (χ4v) is 2.19. The fraction of sp³-hybridized carbons (Fsp3) is 0.917. The Morgan fingerprint density at radius 3 is 2.75 bits per heavy atom. The first-order chi connectivity index (χ1) is 7.50. The predicted molar refractivity (Wildman–Crippen MR) is 64.6 cm³/mol. The van der Waals surface area contributed by atoms with Crippen molar-refractivity contribution in [1.82, 2.24) is 9.80 Å². The Labute approximate surface area is 98.2 Å². The van der Waals surface area contributed by atoms with E-state index in [4.69, 9.17) is 5.11 Å². The van der Waals surface area contributed by atoms with E-state index in [1.807, 2.05) is 0 Å². The SMILES string of the molecule is CC(C)N(C)C[C@H]1CCCCN1CC(=O)O. The summed E-state index contributed by atoms with van der Waals surface area (Å²) in [6, 6.07) is 0.936. The van der Waals surface area contributed by atoms with Crippen molar-refractivity contribution in [2.24, 2.45) is 0 Å². The first-order valence-electron chi connectivity index (χ1n) is 6.16. The van der Waals surface area contributed by atoms with Crippen LogP contribution in [-0.2, 0) is 4.79 Å². The number of carboxylic acid groups (broad SMARTS) is 1. The van der Waals surface area contributed by atoms with Crippen molar-refractivity contribution in [1.29, 1.82) is 0 Å². The molecule has 0 unspecified atom stereocenters. The van der Waals surface area contributed by atoms with E-state index in [-0.39, 0.29) is 6.54 Å². The van der Waals surface area contributed by atoms with Crippen LogP contribution in [0.2, 0.25) is 0 Å². The molecule has 0 radical (unpaired) electrons. The molecule has 4 nitrogen and oxygen atoms in total. The lowest BCUT2D eigenvalue weighted by atomic mass is 10.0. The molecular formula is C12H24N2O2. The normalized spacial score (nSPS) is 22.9. The second-order valence-corrected chi connectivity index (χ2v) is 5.05. The zero-order chi connectivity index (χ0) is 12.1. The molecule has 1 N–H and O–H groups in total. The quantitative estimate of drug-likeness (QED) is 0.769. The highest BCUT2D eigenvalue weighted by Gasteiger charge is 2.25. The third-order valence-electron chi connectivity index (χ3n) is 3.47. The highest BCUT2D eigenvalue weighted by atomic mass is 16.4. The third-order valence-corrected chi connectivity index (χ3v) is 3.47. The lowest BCUT2D eigenvalue weighted by Crippen LogP contribution is -2.48. The zero-order valence-corrected chi connectivity index (χ0v) is 10.6. The van der Waals surface area contributed by atoms with Gasteiger partial charge >= 0.3 is 5.97 Å². The number of likely N-dealkylation sites (N-methyl/N-ethyl adjacent to an activating group) is 1. The van der Waals surface area contributed by atoms with Crippen LogP contribution < -0.4 is 0 Å². The van der Waals surface area contributed by atoms with Gasteiger partial charge in [-0.2, -0.15) is 0 Å². The fourth-order valence-electron chi connectivity index (χ4n) is 2.19. The standard InChI is InChI=1S/C12H24N2O2/c1-10(2)13(3)8-11-6-4-5-7-14(11)9-12(15)16/h10-11H,4-9H2,1-3H3,(H,15,16)/t11-/m1/s1. The molecular weight excluding hydrogens is 204 g/mol. The van der Waals surface area contributed by atoms with Crippen LogP contribution in [0.5, 0.6) is 0 Å². The van der Waals surface area contributed by atoms with Crippen LogP contribution in [0.1, 0.15) is 33.1 Å². The van der Waals surface area contributed by atoms with Gasteiger partial charge in [0.15, 0.2) is 0 Å². The summed E-state index contributed by atoms with van der Waals surface area (Å²) < 4.78 is 0. The van der Waals surface area contributed by atoms with E-state index in [1.54, 1.807) is 0 Å². The summed E-state index contributed by atoms with van der Waals surface area (Å²) in [6.45, 7) is 6.44. The maximum atomic E-state index is 10.8. The second kappa shape index (κ2) is 6.21. The van der Waals surface area contributed by atoms with E-state index in [9.17, 15) is 4.79 Å². The molecule has 4 heteroatoms. The summed E-state index contributed by atoms with van der Waals surface area (Å²) in [6.07, 6.45) is 3.49. The van der Waals surface area contributed by atoms with E-state index >= 15 is 0 Å². The van der Waals surface area contributed by atoms with E-state index in [0.29, 0.717) is 12.1 Å². The second-order valence-electron chi connectivity index (χ2n) is 5.05. The van der Waals surface area contributed by atoms with E-state index in [1.165, 1.54) is 6.42 Å². The lowest BCUT2D eigenvalue weighted by molar-refractivity contribution is -0.139. The minimum Gasteiger partial charge on any atom is -0.480 e. The number of hydrogen-bond acceptors (Lipinski definition) is 3. The molecule has 1 aliphatic heterocycles. The minimum atomic E-state index is -0.709. The Balaban J connectivity index is 2.49. The zero-order valence-electron chi connectivity index (χ0n) is 10.6. The van der Waals surface area contributed by atoms with Crippen molar-refractivity contribution in [2.45, 2.75) is 45.2 Å². The number of nitrogens with zero attached hydrogens (tertiary/aromatic N) is 2. The van der Waals surface area contributed by atoms with Gasteiger partial charge in [0.1, 0.15) is 0 Å². The summed E-state index contributed by atoms with van der Waals surface area (Å²) in [7, 11) is 2.11. The van der Waals surface area contributed by atoms with Gasteiger partial charge in [0.2, 0.25) is 0 Å². The van der Waals surface area contributed by atoms with Gasteiger partial charge in [0, 0.05) is 18.6 Å². The highest BCUT2D eigenvalue weighted by molar-refractivity contribution is 5.69. The van der Waals surface area contributed by atoms with E-state index in [2.05, 4.69) is 30.7 Å². The maximum absolute atomic E-state index is 10.8. The summed E-state index contributed by atoms with van der Waals surface area (Å²) in [5.74, 6) is -0.709. The van der Waals surface area contributed by atoms with Crippen molar-refractivity contribution in [2.75, 3.05) is 26.7 Å².